The Bertz CT molecular complexity index is 250. The molecule has 0 aromatic heterocycles. The minimum atomic E-state index is -5.76. The summed E-state index contributed by atoms with van der Waals surface area (Å²) in [5.74, 6) is 0. The molecule has 0 amide bonds. The molecule has 0 heterocycles. The zero-order valence-corrected chi connectivity index (χ0v) is 9.00. The Balaban J connectivity index is 4.33. The van der Waals surface area contributed by atoms with Crippen LogP contribution in [0, 0.1) is 0 Å². The van der Waals surface area contributed by atoms with Crippen molar-refractivity contribution in [3.63, 3.8) is 0 Å². The molecule has 0 aromatic rings. The van der Waals surface area contributed by atoms with Gasteiger partial charge in [0.1, 0.15) is 0 Å². The van der Waals surface area contributed by atoms with Crippen LogP contribution in [0.5, 0.6) is 0 Å². The molecule has 0 rings (SSSR count). The van der Waals surface area contributed by atoms with Crippen molar-refractivity contribution in [2.45, 2.75) is 0 Å². The SMILES string of the molecule is O=P(=O)O[Si](O)(O)O[As](=O)(O)O. The van der Waals surface area contributed by atoms with Gasteiger partial charge in [0.05, 0.1) is 0 Å². The summed E-state index contributed by atoms with van der Waals surface area (Å²) in [5, 5.41) is 0. The zero-order chi connectivity index (χ0) is 9.99. The van der Waals surface area contributed by atoms with Gasteiger partial charge in [0.15, 0.2) is 0 Å². The molecule has 0 bridgehead atoms. The topological polar surface area (TPSA) is 151 Å². The van der Waals surface area contributed by atoms with E-state index in [1.807, 2.05) is 0 Å². The summed E-state index contributed by atoms with van der Waals surface area (Å²) in [6.07, 6.45) is 0. The average Bonchev–Trinajstić information content (AvgIpc) is 1.48. The van der Waals surface area contributed by atoms with E-state index in [-0.39, 0.29) is 0 Å². The Morgan fingerprint density at radius 1 is 1.25 bits per heavy atom. The Morgan fingerprint density at radius 2 is 1.67 bits per heavy atom. The number of rotatable bonds is 4. The third kappa shape index (κ3) is 6.92. The Morgan fingerprint density at radius 3 is 1.92 bits per heavy atom. The molecule has 0 unspecified atom stereocenters. The summed E-state index contributed by atoms with van der Waals surface area (Å²) in [6.45, 7) is 0. The van der Waals surface area contributed by atoms with Gasteiger partial charge < -0.3 is 0 Å². The minimum absolute atomic E-state index is 3.31. The van der Waals surface area contributed by atoms with E-state index in [0.717, 1.165) is 0 Å². The first-order valence-corrected chi connectivity index (χ1v) is 8.19. The number of hydrogen-bond acceptors (Lipinski definition) is 7. The van der Waals surface area contributed by atoms with Crippen LogP contribution in [0.4, 0.5) is 0 Å². The standard InChI is InChI=1S/AsH4O9PSi/c2-1(3,4)9-12(7,8)10-11(5)6/h7-8H,(H2,2,3,4). The molecule has 0 atom stereocenters. The van der Waals surface area contributed by atoms with Gasteiger partial charge in [0.2, 0.25) is 0 Å². The molecule has 0 saturated carbocycles. The Labute approximate surface area is 70.3 Å². The first-order valence-electron chi connectivity index (χ1n) is 2.17. The van der Waals surface area contributed by atoms with E-state index in [4.69, 9.17) is 17.8 Å². The van der Waals surface area contributed by atoms with Crippen molar-refractivity contribution in [2.24, 2.45) is 0 Å². The molecule has 12 heteroatoms. The molecule has 0 radical (unpaired) electrons. The van der Waals surface area contributed by atoms with Crippen molar-refractivity contribution in [2.75, 3.05) is 0 Å². The van der Waals surface area contributed by atoms with Crippen LogP contribution in [0.25, 0.3) is 0 Å². The molecule has 0 aliphatic heterocycles. The van der Waals surface area contributed by atoms with E-state index in [2.05, 4.69) is 7.63 Å². The maximum atomic E-state index is 10.00. The van der Waals surface area contributed by atoms with Gasteiger partial charge in [-0.3, -0.25) is 0 Å². The quantitative estimate of drug-likeness (QED) is 0.321. The van der Waals surface area contributed by atoms with Gasteiger partial charge in [-0.05, 0) is 0 Å². The second-order valence-electron chi connectivity index (χ2n) is 1.45. The number of hydrogen-bond donors (Lipinski definition) is 4. The van der Waals surface area contributed by atoms with Gasteiger partial charge in [0.25, 0.3) is 0 Å². The van der Waals surface area contributed by atoms with Gasteiger partial charge in [0, 0.05) is 0 Å². The molecule has 0 aliphatic rings. The van der Waals surface area contributed by atoms with Crippen LogP contribution >= 0.6 is 7.91 Å². The van der Waals surface area contributed by atoms with Crippen LogP contribution in [0.1, 0.15) is 0 Å². The normalized spacial score (nSPS) is 13.0. The van der Waals surface area contributed by atoms with Gasteiger partial charge in [-0.15, -0.1) is 0 Å². The molecule has 12 heavy (non-hydrogen) atoms. The molecule has 0 aliphatic carbocycles. The van der Waals surface area contributed by atoms with E-state index >= 15 is 0 Å². The van der Waals surface area contributed by atoms with Gasteiger partial charge in [-0.2, -0.15) is 0 Å². The average molecular weight is 282 g/mol. The molecule has 9 nitrogen and oxygen atoms in total. The van der Waals surface area contributed by atoms with E-state index in [9.17, 15) is 12.9 Å². The summed E-state index contributed by atoms with van der Waals surface area (Å²) in [7, 11) is -8.87. The Hall–Kier alpha value is 0.235. The van der Waals surface area contributed by atoms with Crippen molar-refractivity contribution in [1.82, 2.24) is 0 Å². The fourth-order valence-electron chi connectivity index (χ4n) is 0.269. The van der Waals surface area contributed by atoms with E-state index in [1.165, 1.54) is 0 Å². The van der Waals surface area contributed by atoms with E-state index in [1.54, 1.807) is 0 Å². The second-order valence-corrected chi connectivity index (χ2v) is 7.11. The second kappa shape index (κ2) is 3.96. The van der Waals surface area contributed by atoms with Crippen LogP contribution in [-0.4, -0.2) is 41.3 Å². The fraction of sp³-hybridized carbons (Fsp3) is 0. The summed E-state index contributed by atoms with van der Waals surface area (Å²) >= 11 is -5.76. The molecule has 4 N–H and O–H groups in total. The third-order valence-electron chi connectivity index (χ3n) is 0.431. The van der Waals surface area contributed by atoms with Crippen molar-refractivity contribution in [3.8, 4) is 0 Å². The summed E-state index contributed by atoms with van der Waals surface area (Å²) in [5.41, 5.74) is 0. The van der Waals surface area contributed by atoms with Crippen molar-refractivity contribution < 1.29 is 38.3 Å². The van der Waals surface area contributed by atoms with Crippen LogP contribution in [-0.2, 0) is 20.5 Å². The molecule has 0 aromatic carbocycles. The Kier molecular flexibility index (Phi) is 4.04. The van der Waals surface area contributed by atoms with Crippen LogP contribution < -0.4 is 0 Å². The monoisotopic (exact) mass is 282 g/mol. The summed E-state index contributed by atoms with van der Waals surface area (Å²) in [6, 6.07) is 0. The summed E-state index contributed by atoms with van der Waals surface area (Å²) < 4.78 is 52.1. The van der Waals surface area contributed by atoms with Crippen LogP contribution in [0.15, 0.2) is 0 Å². The molecule has 0 spiro atoms. The van der Waals surface area contributed by atoms with Gasteiger partial charge in [-0.1, -0.05) is 0 Å². The molecule has 0 fully saturated rings. The predicted molar refractivity (Wildman–Crippen MR) is 31.5 cm³/mol. The fourth-order valence-corrected chi connectivity index (χ4v) is 4.07. The third-order valence-corrected chi connectivity index (χ3v) is 5.45. The van der Waals surface area contributed by atoms with Crippen molar-refractivity contribution in [1.29, 1.82) is 0 Å². The van der Waals surface area contributed by atoms with Gasteiger partial charge >= 0.3 is 69.7 Å². The summed E-state index contributed by atoms with van der Waals surface area (Å²) in [4.78, 5) is 16.8. The van der Waals surface area contributed by atoms with Crippen LogP contribution in [0.2, 0.25) is 0 Å². The van der Waals surface area contributed by atoms with Crippen molar-refractivity contribution in [3.05, 3.63) is 0 Å². The zero-order valence-electron chi connectivity index (χ0n) is 5.22. The molecular formula is H4AsO9PSi. The van der Waals surface area contributed by atoms with E-state index in [0.29, 0.717) is 0 Å². The maximum absolute atomic E-state index is 10.00. The van der Waals surface area contributed by atoms with Crippen molar-refractivity contribution >= 4 is 31.5 Å². The predicted octanol–water partition coefficient (Wildman–Crippen LogP) is -2.62. The van der Waals surface area contributed by atoms with Crippen LogP contribution in [0.3, 0.4) is 0 Å². The van der Waals surface area contributed by atoms with Gasteiger partial charge in [-0.25, -0.2) is 0 Å². The molecular weight excluding hydrogens is 278 g/mol. The first-order chi connectivity index (χ1) is 5.12. The molecule has 0 saturated heterocycles. The first kappa shape index (κ1) is 12.2. The van der Waals surface area contributed by atoms with E-state index < -0.39 is 31.5 Å². The molecule has 72 valence electrons.